The Balaban J connectivity index is 5.27. The molecular formula is C13H24N3O9P. The fraction of sp³-hybridized carbons (Fsp3) is 0.692. The molecule has 0 aliphatic heterocycles. The molecule has 0 aliphatic carbocycles. The van der Waals surface area contributed by atoms with Crippen molar-refractivity contribution in [3.63, 3.8) is 0 Å². The first-order valence-corrected chi connectivity index (χ1v) is 9.34. The summed E-state index contributed by atoms with van der Waals surface area (Å²) in [4.78, 5) is 45.4. The predicted molar refractivity (Wildman–Crippen MR) is 88.3 cm³/mol. The molecule has 0 saturated heterocycles. The number of carbonyl (C=O) groups excluding carboxylic acids is 2. The molecule has 0 bridgehead atoms. The van der Waals surface area contributed by atoms with Gasteiger partial charge in [0.15, 0.2) is 0 Å². The molecule has 0 rings (SSSR count). The number of nitrogens with one attached hydrogen (secondary N) is 2. The number of carboxylic acid groups (broad SMARTS) is 2. The second-order valence-corrected chi connectivity index (χ2v) is 7.05. The number of hydrogen-bond acceptors (Lipinski definition) is 8. The molecule has 0 unspecified atom stereocenters. The normalized spacial score (nSPS) is 13.5. The summed E-state index contributed by atoms with van der Waals surface area (Å²) in [7, 11) is -4.15. The van der Waals surface area contributed by atoms with Crippen molar-refractivity contribution in [2.75, 3.05) is 19.8 Å². The van der Waals surface area contributed by atoms with Crippen molar-refractivity contribution in [1.82, 2.24) is 10.6 Å². The molecule has 0 aromatic carbocycles. The van der Waals surface area contributed by atoms with E-state index >= 15 is 0 Å². The lowest BCUT2D eigenvalue weighted by atomic mass is 10.1. The third-order valence-corrected chi connectivity index (χ3v) is 5.13. The molecule has 0 heterocycles. The van der Waals surface area contributed by atoms with Gasteiger partial charge in [-0.05, 0) is 20.3 Å². The number of carbonyl (C=O) groups is 4. The number of aliphatic carboxylic acids is 2. The van der Waals surface area contributed by atoms with Gasteiger partial charge >= 0.3 is 19.5 Å². The van der Waals surface area contributed by atoms with Crippen LogP contribution in [0.5, 0.6) is 0 Å². The Labute approximate surface area is 149 Å². The highest BCUT2D eigenvalue weighted by molar-refractivity contribution is 7.55. The SMILES string of the molecule is CCOP(=O)(OCC)[C@@H](NC(=O)CC[C@H](N)C(=O)O)C(=O)NCC(=O)O. The molecule has 2 amide bonds. The minimum Gasteiger partial charge on any atom is -0.480 e. The Hall–Kier alpha value is -2.01. The van der Waals surface area contributed by atoms with Crippen LogP contribution in [-0.4, -0.2) is 65.5 Å². The lowest BCUT2D eigenvalue weighted by Gasteiger charge is -2.26. The van der Waals surface area contributed by atoms with E-state index in [0.29, 0.717) is 0 Å². The summed E-state index contributed by atoms with van der Waals surface area (Å²) < 4.78 is 22.8. The fourth-order valence-corrected chi connectivity index (χ4v) is 3.50. The Morgan fingerprint density at radius 1 is 1.12 bits per heavy atom. The van der Waals surface area contributed by atoms with Crippen molar-refractivity contribution in [3.05, 3.63) is 0 Å². The number of rotatable bonds is 13. The number of hydrogen-bond donors (Lipinski definition) is 5. The lowest BCUT2D eigenvalue weighted by Crippen LogP contribution is -2.48. The number of nitrogens with two attached hydrogens (primary N) is 1. The van der Waals surface area contributed by atoms with Gasteiger partial charge in [0.05, 0.1) is 13.2 Å². The second kappa shape index (κ2) is 11.6. The van der Waals surface area contributed by atoms with Crippen molar-refractivity contribution >= 4 is 31.3 Å². The molecule has 0 fully saturated rings. The molecule has 0 aromatic heterocycles. The summed E-state index contributed by atoms with van der Waals surface area (Å²) in [5.74, 6) is -6.35. The van der Waals surface area contributed by atoms with Crippen LogP contribution in [-0.2, 0) is 32.8 Å². The first-order valence-electron chi connectivity index (χ1n) is 7.73. The molecule has 0 aromatic rings. The van der Waals surface area contributed by atoms with Crippen LogP contribution in [0.15, 0.2) is 0 Å². The zero-order chi connectivity index (χ0) is 20.3. The number of amides is 2. The van der Waals surface area contributed by atoms with Crippen LogP contribution in [0.1, 0.15) is 26.7 Å². The van der Waals surface area contributed by atoms with Crippen molar-refractivity contribution in [3.8, 4) is 0 Å². The van der Waals surface area contributed by atoms with Crippen LogP contribution in [0.2, 0.25) is 0 Å². The summed E-state index contributed by atoms with van der Waals surface area (Å²) in [6.45, 7) is 2.02. The van der Waals surface area contributed by atoms with Crippen LogP contribution < -0.4 is 16.4 Å². The Morgan fingerprint density at radius 2 is 1.65 bits per heavy atom. The molecule has 13 heteroatoms. The van der Waals surface area contributed by atoms with Crippen LogP contribution >= 0.6 is 7.60 Å². The van der Waals surface area contributed by atoms with E-state index in [2.05, 4.69) is 5.32 Å². The summed E-state index contributed by atoms with van der Waals surface area (Å²) in [5.41, 5.74) is 5.29. The molecule has 0 aliphatic rings. The Bertz CT molecular complexity index is 559. The van der Waals surface area contributed by atoms with Gasteiger partial charge in [-0.25, -0.2) is 0 Å². The molecule has 0 saturated carbocycles. The maximum atomic E-state index is 12.8. The maximum absolute atomic E-state index is 12.8. The van der Waals surface area contributed by atoms with E-state index in [0.717, 1.165) is 0 Å². The van der Waals surface area contributed by atoms with E-state index < -0.39 is 49.7 Å². The largest absolute Gasteiger partial charge is 0.480 e. The van der Waals surface area contributed by atoms with Crippen LogP contribution in [0.4, 0.5) is 0 Å². The zero-order valence-corrected chi connectivity index (χ0v) is 15.4. The van der Waals surface area contributed by atoms with Gasteiger partial charge in [0.25, 0.3) is 5.91 Å². The Kier molecular flexibility index (Phi) is 10.7. The summed E-state index contributed by atoms with van der Waals surface area (Å²) in [5, 5.41) is 21.5. The standard InChI is InChI=1S/C13H24N3O9P/c1-3-24-26(23,25-4-2)12(11(20)15-7-10(18)19)16-9(17)6-5-8(14)13(21)22/h8,12H,3-7,14H2,1-2H3,(H,15,20)(H,16,17)(H,18,19)(H,21,22)/t8-,12+/m0/s1. The molecule has 12 nitrogen and oxygen atoms in total. The van der Waals surface area contributed by atoms with Crippen LogP contribution in [0, 0.1) is 0 Å². The Morgan fingerprint density at radius 3 is 2.08 bits per heavy atom. The van der Waals surface area contributed by atoms with Gasteiger partial charge in [0.1, 0.15) is 12.6 Å². The monoisotopic (exact) mass is 397 g/mol. The quantitative estimate of drug-likeness (QED) is 0.243. The average Bonchev–Trinajstić information content (AvgIpc) is 2.55. The molecule has 0 radical (unpaired) electrons. The van der Waals surface area contributed by atoms with Gasteiger partial charge in [-0.15, -0.1) is 0 Å². The van der Waals surface area contributed by atoms with E-state index in [1.165, 1.54) is 13.8 Å². The molecular weight excluding hydrogens is 373 g/mol. The van der Waals surface area contributed by atoms with Gasteiger partial charge in [-0.3, -0.25) is 23.7 Å². The highest BCUT2D eigenvalue weighted by Gasteiger charge is 2.42. The van der Waals surface area contributed by atoms with Gasteiger partial charge in [-0.1, -0.05) is 0 Å². The molecule has 26 heavy (non-hydrogen) atoms. The molecule has 150 valence electrons. The summed E-state index contributed by atoms with van der Waals surface area (Å²) in [6, 6.07) is -1.29. The predicted octanol–water partition coefficient (Wildman–Crippen LogP) is -0.912. The van der Waals surface area contributed by atoms with Crippen molar-refractivity contribution in [1.29, 1.82) is 0 Å². The maximum Gasteiger partial charge on any atom is 0.362 e. The first kappa shape index (κ1) is 24.0. The zero-order valence-electron chi connectivity index (χ0n) is 14.5. The first-order chi connectivity index (χ1) is 12.1. The minimum atomic E-state index is -4.15. The minimum absolute atomic E-state index is 0.0975. The molecule has 2 atom stereocenters. The molecule has 0 spiro atoms. The van der Waals surface area contributed by atoms with E-state index in [1.807, 2.05) is 5.32 Å². The smallest absolute Gasteiger partial charge is 0.362 e. The average molecular weight is 397 g/mol. The molecule has 6 N–H and O–H groups in total. The topological polar surface area (TPSA) is 194 Å². The second-order valence-electron chi connectivity index (χ2n) is 4.94. The lowest BCUT2D eigenvalue weighted by molar-refractivity contribution is -0.139. The highest BCUT2D eigenvalue weighted by atomic mass is 31.2. The highest BCUT2D eigenvalue weighted by Crippen LogP contribution is 2.52. The van der Waals surface area contributed by atoms with Gasteiger partial charge < -0.3 is 35.6 Å². The third kappa shape index (κ3) is 8.39. The van der Waals surface area contributed by atoms with E-state index in [4.69, 9.17) is 25.0 Å². The fourth-order valence-electron chi connectivity index (χ4n) is 1.73. The summed E-state index contributed by atoms with van der Waals surface area (Å²) >= 11 is 0. The number of carboxylic acids is 2. The van der Waals surface area contributed by atoms with E-state index in [1.54, 1.807) is 0 Å². The third-order valence-electron chi connectivity index (χ3n) is 2.89. The van der Waals surface area contributed by atoms with Crippen LogP contribution in [0.25, 0.3) is 0 Å². The van der Waals surface area contributed by atoms with Gasteiger partial charge in [0, 0.05) is 6.42 Å². The van der Waals surface area contributed by atoms with Crippen LogP contribution in [0.3, 0.4) is 0 Å². The van der Waals surface area contributed by atoms with Crippen molar-refractivity contribution in [2.45, 2.75) is 38.5 Å². The van der Waals surface area contributed by atoms with E-state index in [9.17, 15) is 23.7 Å². The van der Waals surface area contributed by atoms with Gasteiger partial charge in [-0.2, -0.15) is 0 Å². The summed E-state index contributed by atoms with van der Waals surface area (Å²) in [6.07, 6.45) is -0.591. The van der Waals surface area contributed by atoms with Crippen molar-refractivity contribution in [2.24, 2.45) is 5.73 Å². The van der Waals surface area contributed by atoms with Crippen molar-refractivity contribution < 1.29 is 43.0 Å². The van der Waals surface area contributed by atoms with E-state index in [-0.39, 0.29) is 26.1 Å². The van der Waals surface area contributed by atoms with Gasteiger partial charge in [0.2, 0.25) is 11.7 Å².